The van der Waals surface area contributed by atoms with E-state index in [1.807, 2.05) is 6.07 Å². The van der Waals surface area contributed by atoms with Crippen LogP contribution in [-0.2, 0) is 0 Å². The van der Waals surface area contributed by atoms with Crippen LogP contribution in [0.1, 0.15) is 26.5 Å². The van der Waals surface area contributed by atoms with E-state index in [-0.39, 0.29) is 17.0 Å². The van der Waals surface area contributed by atoms with Crippen LogP contribution in [0, 0.1) is 17.0 Å². The van der Waals surface area contributed by atoms with Crippen molar-refractivity contribution >= 4 is 44.4 Å². The van der Waals surface area contributed by atoms with Gasteiger partial charge in [0.15, 0.2) is 5.76 Å². The van der Waals surface area contributed by atoms with Gasteiger partial charge in [-0.15, -0.1) is 0 Å². The molecular weight excluding hydrogens is 406 g/mol. The Kier molecular flexibility index (Phi) is 4.72. The molecule has 0 aliphatic rings. The summed E-state index contributed by atoms with van der Waals surface area (Å²) < 4.78 is 6.38. The lowest BCUT2D eigenvalue weighted by atomic mass is 10.1. The van der Waals surface area contributed by atoms with E-state index in [0.29, 0.717) is 11.1 Å². The topological polar surface area (TPSA) is 114 Å². The molecule has 132 valence electrons. The molecule has 3 aromatic rings. The Hall–Kier alpha value is -3.20. The highest BCUT2D eigenvalue weighted by molar-refractivity contribution is 9.10. The smallest absolute Gasteiger partial charge is 0.305 e. The highest BCUT2D eigenvalue weighted by Crippen LogP contribution is 2.27. The van der Waals surface area contributed by atoms with Gasteiger partial charge >= 0.3 is 5.91 Å². The van der Waals surface area contributed by atoms with Crippen molar-refractivity contribution in [2.75, 3.05) is 0 Å². The monoisotopic (exact) mass is 417 g/mol. The van der Waals surface area contributed by atoms with Crippen LogP contribution in [0.25, 0.3) is 11.0 Å². The molecule has 0 unspecified atom stereocenters. The van der Waals surface area contributed by atoms with Crippen molar-refractivity contribution in [1.82, 2.24) is 10.9 Å². The van der Waals surface area contributed by atoms with Gasteiger partial charge in [0.2, 0.25) is 0 Å². The minimum atomic E-state index is -0.682. The second-order valence-electron chi connectivity index (χ2n) is 5.41. The van der Waals surface area contributed by atoms with Crippen LogP contribution in [-0.4, -0.2) is 16.7 Å². The molecule has 0 aliphatic carbocycles. The highest BCUT2D eigenvalue weighted by Gasteiger charge is 2.19. The maximum Gasteiger partial charge on any atom is 0.305 e. The molecule has 3 rings (SSSR count). The quantitative estimate of drug-likeness (QED) is 0.499. The zero-order chi connectivity index (χ0) is 18.8. The molecule has 8 nitrogen and oxygen atoms in total. The third-order valence-corrected chi connectivity index (χ3v) is 4.21. The van der Waals surface area contributed by atoms with Gasteiger partial charge in [-0.2, -0.15) is 0 Å². The number of hydrogen-bond donors (Lipinski definition) is 2. The van der Waals surface area contributed by atoms with E-state index in [2.05, 4.69) is 26.8 Å². The summed E-state index contributed by atoms with van der Waals surface area (Å²) in [5, 5.41) is 11.5. The Morgan fingerprint density at radius 1 is 1.12 bits per heavy atom. The van der Waals surface area contributed by atoms with E-state index in [1.165, 1.54) is 18.2 Å². The van der Waals surface area contributed by atoms with Crippen molar-refractivity contribution in [3.05, 3.63) is 73.9 Å². The van der Waals surface area contributed by atoms with Crippen molar-refractivity contribution in [2.45, 2.75) is 6.92 Å². The number of rotatable bonds is 3. The standard InChI is InChI=1S/C17H12BrN3O5/c1-9-13-8-11(18)5-6-14(13)26-15(9)17(23)20-19-16(22)10-3-2-4-12(7-10)21(24)25/h2-8H,1H3,(H,19,22)(H,20,23). The maximum atomic E-state index is 12.3. The molecule has 0 radical (unpaired) electrons. The van der Waals surface area contributed by atoms with E-state index >= 15 is 0 Å². The minimum Gasteiger partial charge on any atom is -0.451 e. The first-order valence-electron chi connectivity index (χ1n) is 7.40. The third-order valence-electron chi connectivity index (χ3n) is 3.71. The Balaban J connectivity index is 1.75. The largest absolute Gasteiger partial charge is 0.451 e. The first-order valence-corrected chi connectivity index (χ1v) is 8.20. The Morgan fingerprint density at radius 2 is 1.85 bits per heavy atom. The van der Waals surface area contributed by atoms with E-state index < -0.39 is 16.7 Å². The zero-order valence-electron chi connectivity index (χ0n) is 13.4. The number of hydrogen-bond acceptors (Lipinski definition) is 5. The predicted molar refractivity (Wildman–Crippen MR) is 96.7 cm³/mol. The molecule has 1 aromatic heterocycles. The fourth-order valence-corrected chi connectivity index (χ4v) is 2.77. The Morgan fingerprint density at radius 3 is 2.58 bits per heavy atom. The average molecular weight is 418 g/mol. The van der Waals surface area contributed by atoms with Gasteiger partial charge in [-0.3, -0.25) is 30.6 Å². The number of hydrazine groups is 1. The summed E-state index contributed by atoms with van der Waals surface area (Å²) in [7, 11) is 0. The number of non-ortho nitro benzene ring substituents is 1. The molecule has 9 heteroatoms. The third kappa shape index (κ3) is 3.42. The van der Waals surface area contributed by atoms with Gasteiger partial charge in [0.25, 0.3) is 11.6 Å². The van der Waals surface area contributed by atoms with Crippen LogP contribution in [0.4, 0.5) is 5.69 Å². The summed E-state index contributed by atoms with van der Waals surface area (Å²) in [5.41, 5.74) is 5.46. The number of benzene rings is 2. The molecule has 2 amide bonds. The summed E-state index contributed by atoms with van der Waals surface area (Å²) in [4.78, 5) is 34.5. The molecular formula is C17H12BrN3O5. The summed E-state index contributed by atoms with van der Waals surface area (Å²) in [6, 6.07) is 10.5. The van der Waals surface area contributed by atoms with Gasteiger partial charge in [-0.25, -0.2) is 0 Å². The molecule has 0 fully saturated rings. The maximum absolute atomic E-state index is 12.3. The van der Waals surface area contributed by atoms with Crippen molar-refractivity contribution in [2.24, 2.45) is 0 Å². The van der Waals surface area contributed by atoms with Crippen molar-refractivity contribution in [3.8, 4) is 0 Å². The summed E-state index contributed by atoms with van der Waals surface area (Å²) in [6.45, 7) is 1.73. The van der Waals surface area contributed by atoms with E-state index in [1.54, 1.807) is 19.1 Å². The fourth-order valence-electron chi connectivity index (χ4n) is 2.41. The lowest BCUT2D eigenvalue weighted by molar-refractivity contribution is -0.384. The van der Waals surface area contributed by atoms with Crippen LogP contribution in [0.5, 0.6) is 0 Å². The van der Waals surface area contributed by atoms with Crippen LogP contribution < -0.4 is 10.9 Å². The number of amides is 2. The molecule has 0 spiro atoms. The molecule has 0 saturated carbocycles. The molecule has 0 bridgehead atoms. The number of furan rings is 1. The fraction of sp³-hybridized carbons (Fsp3) is 0.0588. The van der Waals surface area contributed by atoms with Gasteiger partial charge in [-0.05, 0) is 31.2 Å². The second-order valence-corrected chi connectivity index (χ2v) is 6.33. The van der Waals surface area contributed by atoms with E-state index in [9.17, 15) is 19.7 Å². The van der Waals surface area contributed by atoms with Crippen LogP contribution >= 0.6 is 15.9 Å². The number of nitro groups is 1. The van der Waals surface area contributed by atoms with Crippen LogP contribution in [0.2, 0.25) is 0 Å². The van der Waals surface area contributed by atoms with Gasteiger partial charge in [0, 0.05) is 33.1 Å². The Labute approximate surface area is 155 Å². The molecule has 2 N–H and O–H groups in total. The molecule has 2 aromatic carbocycles. The van der Waals surface area contributed by atoms with Gasteiger partial charge in [0.1, 0.15) is 5.58 Å². The van der Waals surface area contributed by atoms with Crippen molar-refractivity contribution in [3.63, 3.8) is 0 Å². The first-order chi connectivity index (χ1) is 12.4. The highest BCUT2D eigenvalue weighted by atomic mass is 79.9. The molecule has 26 heavy (non-hydrogen) atoms. The van der Waals surface area contributed by atoms with E-state index in [4.69, 9.17) is 4.42 Å². The van der Waals surface area contributed by atoms with Crippen molar-refractivity contribution in [1.29, 1.82) is 0 Å². The lowest BCUT2D eigenvalue weighted by Crippen LogP contribution is -2.41. The van der Waals surface area contributed by atoms with E-state index in [0.717, 1.165) is 15.9 Å². The SMILES string of the molecule is Cc1c(C(=O)NNC(=O)c2cccc([N+](=O)[O-])c2)oc2ccc(Br)cc12. The number of fused-ring (bicyclic) bond motifs is 1. The van der Waals surface area contributed by atoms with Crippen molar-refractivity contribution < 1.29 is 18.9 Å². The predicted octanol–water partition coefficient (Wildman–Crippen LogP) is 3.49. The number of nitrogens with zero attached hydrogens (tertiary/aromatic N) is 1. The minimum absolute atomic E-state index is 0.0461. The van der Waals surface area contributed by atoms with Gasteiger partial charge < -0.3 is 4.42 Å². The average Bonchev–Trinajstić information content (AvgIpc) is 2.96. The lowest BCUT2D eigenvalue weighted by Gasteiger charge is -2.06. The van der Waals surface area contributed by atoms with Crippen LogP contribution in [0.15, 0.2) is 51.4 Å². The van der Waals surface area contributed by atoms with Gasteiger partial charge in [-0.1, -0.05) is 22.0 Å². The Bertz CT molecular complexity index is 1040. The second kappa shape index (κ2) is 6.96. The van der Waals surface area contributed by atoms with Crippen LogP contribution in [0.3, 0.4) is 0 Å². The molecule has 0 aliphatic heterocycles. The summed E-state index contributed by atoms with van der Waals surface area (Å²) >= 11 is 3.36. The number of nitrogens with one attached hydrogen (secondary N) is 2. The number of nitro benzene ring substituents is 1. The summed E-state index contributed by atoms with van der Waals surface area (Å²) in [5.74, 6) is -1.25. The number of aryl methyl sites for hydroxylation is 1. The molecule has 0 saturated heterocycles. The number of carbonyl (C=O) groups is 2. The molecule has 1 heterocycles. The number of carbonyl (C=O) groups excluding carboxylic acids is 2. The molecule has 0 atom stereocenters. The zero-order valence-corrected chi connectivity index (χ0v) is 15.0. The first kappa shape index (κ1) is 17.6. The summed E-state index contributed by atoms with van der Waals surface area (Å²) in [6.07, 6.45) is 0. The normalized spacial score (nSPS) is 10.5. The number of halogens is 1. The van der Waals surface area contributed by atoms with Gasteiger partial charge in [0.05, 0.1) is 4.92 Å².